The molecule has 92 valence electrons. The summed E-state index contributed by atoms with van der Waals surface area (Å²) in [5.74, 6) is 0. The lowest BCUT2D eigenvalue weighted by Crippen LogP contribution is -2.37. The fraction of sp³-hybridized carbons (Fsp3) is 0.667. The van der Waals surface area contributed by atoms with Crippen molar-refractivity contribution in [2.75, 3.05) is 13.1 Å². The van der Waals surface area contributed by atoms with E-state index in [-0.39, 0.29) is 5.54 Å². The van der Waals surface area contributed by atoms with Crippen molar-refractivity contribution in [2.24, 2.45) is 0 Å². The molecule has 2 nitrogen and oxygen atoms in total. The third kappa shape index (κ3) is 6.83. The van der Waals surface area contributed by atoms with Crippen molar-refractivity contribution in [1.29, 1.82) is 0 Å². The van der Waals surface area contributed by atoms with E-state index in [0.717, 1.165) is 19.6 Å². The van der Waals surface area contributed by atoms with Crippen molar-refractivity contribution in [3.63, 3.8) is 0 Å². The minimum Gasteiger partial charge on any atom is -0.313 e. The van der Waals surface area contributed by atoms with Crippen LogP contribution in [-0.4, -0.2) is 18.6 Å². The van der Waals surface area contributed by atoms with Crippen molar-refractivity contribution < 1.29 is 0 Å². The summed E-state index contributed by atoms with van der Waals surface area (Å²) in [6, 6.07) is 2.24. The van der Waals surface area contributed by atoms with Gasteiger partial charge in [-0.05, 0) is 79.9 Å². The minimum atomic E-state index is 0.240. The quantitative estimate of drug-likeness (QED) is 0.607. The van der Waals surface area contributed by atoms with Crippen LogP contribution < -0.4 is 10.6 Å². The molecule has 16 heavy (non-hydrogen) atoms. The number of hydrogen-bond acceptors (Lipinski definition) is 3. The molecule has 0 saturated carbocycles. The maximum atomic E-state index is 3.49. The first kappa shape index (κ1) is 14.4. The Labute approximate surface area is 116 Å². The summed E-state index contributed by atoms with van der Waals surface area (Å²) in [7, 11) is 0. The summed E-state index contributed by atoms with van der Waals surface area (Å²) in [4.78, 5) is 0. The molecule has 1 heterocycles. The summed E-state index contributed by atoms with van der Waals surface area (Å²) in [5.41, 5.74) is 1.64. The van der Waals surface area contributed by atoms with Crippen LogP contribution in [0.3, 0.4) is 0 Å². The molecule has 4 heteroatoms. The normalized spacial score (nSPS) is 12.0. The van der Waals surface area contributed by atoms with Crippen molar-refractivity contribution in [2.45, 2.75) is 39.3 Å². The molecule has 0 unspecified atom stereocenters. The molecule has 0 atom stereocenters. The van der Waals surface area contributed by atoms with Crippen LogP contribution in [0, 0.1) is 2.88 Å². The van der Waals surface area contributed by atoms with E-state index < -0.39 is 0 Å². The van der Waals surface area contributed by atoms with Gasteiger partial charge in [0, 0.05) is 12.1 Å². The van der Waals surface area contributed by atoms with Gasteiger partial charge in [0.15, 0.2) is 0 Å². The predicted molar refractivity (Wildman–Crippen MR) is 81.1 cm³/mol. The van der Waals surface area contributed by atoms with Gasteiger partial charge < -0.3 is 10.6 Å². The van der Waals surface area contributed by atoms with E-state index in [1.807, 2.05) is 11.3 Å². The van der Waals surface area contributed by atoms with Gasteiger partial charge in [-0.2, -0.15) is 0 Å². The van der Waals surface area contributed by atoms with Crippen molar-refractivity contribution in [3.05, 3.63) is 19.9 Å². The second kappa shape index (κ2) is 6.93. The Morgan fingerprint density at radius 2 is 2.06 bits per heavy atom. The van der Waals surface area contributed by atoms with E-state index in [9.17, 15) is 0 Å². The molecule has 0 bridgehead atoms. The van der Waals surface area contributed by atoms with Crippen LogP contribution in [-0.2, 0) is 6.54 Å². The topological polar surface area (TPSA) is 24.1 Å². The van der Waals surface area contributed by atoms with Crippen LogP contribution in [0.4, 0.5) is 0 Å². The SMILES string of the molecule is CC(C)(C)NCCCNCc1csc(I)c1. The summed E-state index contributed by atoms with van der Waals surface area (Å²) >= 11 is 4.17. The molecule has 0 saturated heterocycles. The van der Waals surface area contributed by atoms with Gasteiger partial charge in [-0.1, -0.05) is 0 Å². The number of rotatable bonds is 6. The fourth-order valence-electron chi connectivity index (χ4n) is 1.35. The van der Waals surface area contributed by atoms with E-state index in [4.69, 9.17) is 0 Å². The third-order valence-electron chi connectivity index (χ3n) is 2.14. The third-order valence-corrected chi connectivity index (χ3v) is 3.97. The van der Waals surface area contributed by atoms with Gasteiger partial charge in [0.1, 0.15) is 0 Å². The van der Waals surface area contributed by atoms with Crippen molar-refractivity contribution >= 4 is 33.9 Å². The zero-order valence-corrected chi connectivity index (χ0v) is 13.2. The van der Waals surface area contributed by atoms with Crippen LogP contribution in [0.1, 0.15) is 32.8 Å². The van der Waals surface area contributed by atoms with Crippen LogP contribution in [0.25, 0.3) is 0 Å². The Hall–Kier alpha value is 0.350. The molecular weight excluding hydrogens is 331 g/mol. The average molecular weight is 352 g/mol. The number of hydrogen-bond donors (Lipinski definition) is 2. The summed E-state index contributed by atoms with van der Waals surface area (Å²) in [6.07, 6.45) is 1.18. The molecule has 0 aliphatic heterocycles. The molecule has 1 rings (SSSR count). The molecule has 1 aromatic heterocycles. The van der Waals surface area contributed by atoms with E-state index in [2.05, 4.69) is 65.4 Å². The zero-order chi connectivity index (χ0) is 12.0. The van der Waals surface area contributed by atoms with Gasteiger partial charge in [-0.3, -0.25) is 0 Å². The molecule has 0 radical (unpaired) electrons. The summed E-state index contributed by atoms with van der Waals surface area (Å²) in [6.45, 7) is 9.76. The van der Waals surface area contributed by atoms with Crippen LogP contribution >= 0.6 is 33.9 Å². The number of nitrogens with one attached hydrogen (secondary N) is 2. The van der Waals surface area contributed by atoms with Gasteiger partial charge in [-0.25, -0.2) is 0 Å². The smallest absolute Gasteiger partial charge is 0.0656 e. The fourth-order valence-corrected chi connectivity index (χ4v) is 2.76. The number of halogens is 1. The summed E-state index contributed by atoms with van der Waals surface area (Å²) in [5, 5.41) is 9.17. The second-order valence-corrected chi connectivity index (χ2v) is 7.77. The Bertz CT molecular complexity index is 304. The molecule has 0 aliphatic rings. The van der Waals surface area contributed by atoms with Gasteiger partial charge >= 0.3 is 0 Å². The van der Waals surface area contributed by atoms with E-state index in [1.165, 1.54) is 14.9 Å². The predicted octanol–water partition coefficient (Wildman–Crippen LogP) is 3.22. The highest BCUT2D eigenvalue weighted by molar-refractivity contribution is 14.1. The van der Waals surface area contributed by atoms with Gasteiger partial charge in [0.25, 0.3) is 0 Å². The molecule has 1 aromatic rings. The van der Waals surface area contributed by atoms with Crippen molar-refractivity contribution in [1.82, 2.24) is 10.6 Å². The van der Waals surface area contributed by atoms with Gasteiger partial charge in [0.05, 0.1) is 2.88 Å². The first-order chi connectivity index (χ1) is 7.47. The minimum absolute atomic E-state index is 0.240. The highest BCUT2D eigenvalue weighted by atomic mass is 127. The molecule has 0 spiro atoms. The summed E-state index contributed by atoms with van der Waals surface area (Å²) < 4.78 is 1.36. The van der Waals surface area contributed by atoms with Crippen LogP contribution in [0.2, 0.25) is 0 Å². The maximum Gasteiger partial charge on any atom is 0.0656 e. The van der Waals surface area contributed by atoms with Crippen LogP contribution in [0.5, 0.6) is 0 Å². The molecule has 2 N–H and O–H groups in total. The zero-order valence-electron chi connectivity index (χ0n) is 10.3. The molecular formula is C12H21IN2S. The van der Waals surface area contributed by atoms with E-state index in [1.54, 1.807) is 0 Å². The first-order valence-corrected chi connectivity index (χ1v) is 7.62. The Kier molecular flexibility index (Phi) is 6.25. The lowest BCUT2D eigenvalue weighted by molar-refractivity contribution is 0.418. The highest BCUT2D eigenvalue weighted by Gasteiger charge is 2.06. The van der Waals surface area contributed by atoms with Gasteiger partial charge in [0.2, 0.25) is 0 Å². The standard InChI is InChI=1S/C12H21IN2S/c1-12(2,3)15-6-4-5-14-8-10-7-11(13)16-9-10/h7,9,14-15H,4-6,8H2,1-3H3. The van der Waals surface area contributed by atoms with Gasteiger partial charge in [-0.15, -0.1) is 11.3 Å². The average Bonchev–Trinajstić information content (AvgIpc) is 2.56. The van der Waals surface area contributed by atoms with E-state index >= 15 is 0 Å². The Balaban J connectivity index is 2.00. The Morgan fingerprint density at radius 1 is 1.31 bits per heavy atom. The largest absolute Gasteiger partial charge is 0.313 e. The lowest BCUT2D eigenvalue weighted by atomic mass is 10.1. The number of thiophene rings is 1. The monoisotopic (exact) mass is 352 g/mol. The van der Waals surface area contributed by atoms with E-state index in [0.29, 0.717) is 0 Å². The molecule has 0 aliphatic carbocycles. The second-order valence-electron chi connectivity index (χ2n) is 4.97. The Morgan fingerprint density at radius 3 is 2.62 bits per heavy atom. The van der Waals surface area contributed by atoms with Crippen LogP contribution in [0.15, 0.2) is 11.4 Å². The van der Waals surface area contributed by atoms with Crippen molar-refractivity contribution in [3.8, 4) is 0 Å². The first-order valence-electron chi connectivity index (χ1n) is 5.66. The molecule has 0 amide bonds. The maximum absolute atomic E-state index is 3.49. The lowest BCUT2D eigenvalue weighted by Gasteiger charge is -2.20. The molecule has 0 aromatic carbocycles. The highest BCUT2D eigenvalue weighted by Crippen LogP contribution is 2.16. The molecule has 0 fully saturated rings.